The fourth-order valence-electron chi connectivity index (χ4n) is 1.86. The SMILES string of the molecule is Cn1cc(N(C2CCOCC2)S(=O)[O-])cn1. The zero-order valence-corrected chi connectivity index (χ0v) is 9.85. The zero-order valence-electron chi connectivity index (χ0n) is 9.04. The predicted molar refractivity (Wildman–Crippen MR) is 58.4 cm³/mol. The fraction of sp³-hybridized carbons (Fsp3) is 0.667. The second-order valence-corrected chi connectivity index (χ2v) is 4.59. The van der Waals surface area contributed by atoms with Crippen LogP contribution in [0.15, 0.2) is 12.4 Å². The minimum Gasteiger partial charge on any atom is -0.755 e. The van der Waals surface area contributed by atoms with Crippen molar-refractivity contribution in [2.24, 2.45) is 7.05 Å². The third-order valence-electron chi connectivity index (χ3n) is 2.63. The van der Waals surface area contributed by atoms with Crippen LogP contribution in [0.25, 0.3) is 0 Å². The second kappa shape index (κ2) is 4.94. The van der Waals surface area contributed by atoms with Gasteiger partial charge in [-0.15, -0.1) is 0 Å². The molecular weight excluding hydrogens is 230 g/mol. The van der Waals surface area contributed by atoms with E-state index >= 15 is 0 Å². The average Bonchev–Trinajstić information content (AvgIpc) is 2.66. The van der Waals surface area contributed by atoms with E-state index in [2.05, 4.69) is 5.10 Å². The summed E-state index contributed by atoms with van der Waals surface area (Å²) in [4.78, 5) is 0. The lowest BCUT2D eigenvalue weighted by Gasteiger charge is -2.35. The Kier molecular flexibility index (Phi) is 3.57. The molecule has 1 unspecified atom stereocenters. The molecule has 1 aliphatic heterocycles. The maximum atomic E-state index is 11.3. The van der Waals surface area contributed by atoms with Gasteiger partial charge in [0.25, 0.3) is 0 Å². The lowest BCUT2D eigenvalue weighted by atomic mass is 10.1. The van der Waals surface area contributed by atoms with E-state index in [1.807, 2.05) is 0 Å². The van der Waals surface area contributed by atoms with Crippen LogP contribution >= 0.6 is 0 Å². The molecule has 1 aromatic rings. The Morgan fingerprint density at radius 1 is 1.62 bits per heavy atom. The molecule has 16 heavy (non-hydrogen) atoms. The lowest BCUT2D eigenvalue weighted by molar-refractivity contribution is 0.0874. The van der Waals surface area contributed by atoms with Crippen molar-refractivity contribution in [1.82, 2.24) is 9.78 Å². The Morgan fingerprint density at radius 3 is 2.81 bits per heavy atom. The van der Waals surface area contributed by atoms with Gasteiger partial charge in [-0.2, -0.15) is 5.10 Å². The summed E-state index contributed by atoms with van der Waals surface area (Å²) < 4.78 is 30.7. The first-order valence-electron chi connectivity index (χ1n) is 5.13. The van der Waals surface area contributed by atoms with Gasteiger partial charge in [-0.25, -0.2) is 0 Å². The topological polar surface area (TPSA) is 70.4 Å². The minimum absolute atomic E-state index is 0.0173. The van der Waals surface area contributed by atoms with Gasteiger partial charge in [0.15, 0.2) is 0 Å². The molecule has 0 amide bonds. The highest BCUT2D eigenvalue weighted by molar-refractivity contribution is 7.80. The predicted octanol–water partition coefficient (Wildman–Crippen LogP) is 0.200. The summed E-state index contributed by atoms with van der Waals surface area (Å²) in [6.07, 6.45) is 4.71. The molecule has 0 N–H and O–H groups in total. The number of ether oxygens (including phenoxy) is 1. The van der Waals surface area contributed by atoms with Crippen LogP contribution in [0.5, 0.6) is 0 Å². The molecule has 1 saturated heterocycles. The van der Waals surface area contributed by atoms with Crippen LogP contribution < -0.4 is 4.31 Å². The molecule has 1 aliphatic rings. The quantitative estimate of drug-likeness (QED) is 0.712. The molecule has 0 bridgehead atoms. The minimum atomic E-state index is -2.26. The van der Waals surface area contributed by atoms with Crippen LogP contribution in [0.3, 0.4) is 0 Å². The highest BCUT2D eigenvalue weighted by Crippen LogP contribution is 2.23. The number of rotatable bonds is 3. The number of hydrogen-bond acceptors (Lipinski definition) is 4. The standard InChI is InChI=1S/C9H15N3O3S/c1-11-7-9(6-10-11)12(16(13)14)8-2-4-15-5-3-8/h6-8H,2-5H2,1H3,(H,13,14)/p-1. The molecule has 1 atom stereocenters. The van der Waals surface area contributed by atoms with E-state index in [1.54, 1.807) is 24.1 Å². The molecule has 90 valence electrons. The molecule has 0 saturated carbocycles. The van der Waals surface area contributed by atoms with Gasteiger partial charge >= 0.3 is 0 Å². The number of aromatic nitrogens is 2. The first kappa shape index (κ1) is 11.6. The zero-order chi connectivity index (χ0) is 11.5. The van der Waals surface area contributed by atoms with Crippen molar-refractivity contribution in [3.8, 4) is 0 Å². The largest absolute Gasteiger partial charge is 0.755 e. The highest BCUT2D eigenvalue weighted by atomic mass is 32.2. The van der Waals surface area contributed by atoms with Gasteiger partial charge in [0, 0.05) is 43.8 Å². The molecule has 2 rings (SSSR count). The Labute approximate surface area is 96.6 Å². The van der Waals surface area contributed by atoms with Crippen molar-refractivity contribution in [2.45, 2.75) is 18.9 Å². The smallest absolute Gasteiger partial charge is 0.0865 e. The van der Waals surface area contributed by atoms with Crippen molar-refractivity contribution in [3.05, 3.63) is 12.4 Å². The lowest BCUT2D eigenvalue weighted by Crippen LogP contribution is -2.40. The monoisotopic (exact) mass is 244 g/mol. The van der Waals surface area contributed by atoms with Crippen LogP contribution in [0.1, 0.15) is 12.8 Å². The van der Waals surface area contributed by atoms with Crippen LogP contribution in [-0.2, 0) is 23.1 Å². The normalized spacial score (nSPS) is 19.6. The van der Waals surface area contributed by atoms with Crippen molar-refractivity contribution in [2.75, 3.05) is 17.5 Å². The number of nitrogens with zero attached hydrogens (tertiary/aromatic N) is 3. The summed E-state index contributed by atoms with van der Waals surface area (Å²) >= 11 is -2.26. The van der Waals surface area contributed by atoms with E-state index < -0.39 is 11.3 Å². The van der Waals surface area contributed by atoms with E-state index in [1.165, 1.54) is 4.31 Å². The van der Waals surface area contributed by atoms with Gasteiger partial charge in [-0.3, -0.25) is 13.2 Å². The Bertz CT molecular complexity index is 376. The Hall–Kier alpha value is -0.920. The summed E-state index contributed by atoms with van der Waals surface area (Å²) in [6.45, 7) is 1.22. The van der Waals surface area contributed by atoms with Crippen molar-refractivity contribution < 1.29 is 13.5 Å². The van der Waals surface area contributed by atoms with E-state index in [0.717, 1.165) is 12.8 Å². The molecule has 6 nitrogen and oxygen atoms in total. The summed E-state index contributed by atoms with van der Waals surface area (Å²) in [5, 5.41) is 3.99. The molecule has 0 radical (unpaired) electrons. The first-order valence-corrected chi connectivity index (χ1v) is 6.16. The molecule has 0 spiro atoms. The molecule has 1 aromatic heterocycles. The number of anilines is 1. The van der Waals surface area contributed by atoms with Gasteiger partial charge < -0.3 is 9.29 Å². The highest BCUT2D eigenvalue weighted by Gasteiger charge is 2.23. The molecule has 7 heteroatoms. The molecular formula is C9H14N3O3S-. The van der Waals surface area contributed by atoms with Crippen LogP contribution in [0.4, 0.5) is 5.69 Å². The third-order valence-corrected chi connectivity index (χ3v) is 3.46. The van der Waals surface area contributed by atoms with Gasteiger partial charge in [-0.1, -0.05) is 0 Å². The first-order chi connectivity index (χ1) is 7.68. The summed E-state index contributed by atoms with van der Waals surface area (Å²) in [6, 6.07) is -0.0173. The van der Waals surface area contributed by atoms with E-state index in [9.17, 15) is 8.76 Å². The molecule has 0 aromatic carbocycles. The maximum Gasteiger partial charge on any atom is 0.0865 e. The summed E-state index contributed by atoms with van der Waals surface area (Å²) in [5.74, 6) is 0. The number of hydrogen-bond donors (Lipinski definition) is 0. The van der Waals surface area contributed by atoms with Gasteiger partial charge in [0.1, 0.15) is 0 Å². The Morgan fingerprint density at radius 2 is 2.31 bits per heavy atom. The molecule has 1 fully saturated rings. The van der Waals surface area contributed by atoms with Gasteiger partial charge in [0.2, 0.25) is 0 Å². The van der Waals surface area contributed by atoms with Crippen LogP contribution in [0.2, 0.25) is 0 Å². The average molecular weight is 244 g/mol. The molecule has 0 aliphatic carbocycles. The van der Waals surface area contributed by atoms with Gasteiger partial charge in [0.05, 0.1) is 11.9 Å². The summed E-state index contributed by atoms with van der Waals surface area (Å²) in [5.41, 5.74) is 0.614. The van der Waals surface area contributed by atoms with Gasteiger partial charge in [-0.05, 0) is 12.8 Å². The third kappa shape index (κ3) is 2.42. The number of aryl methyl sites for hydroxylation is 1. The van der Waals surface area contributed by atoms with E-state index in [4.69, 9.17) is 4.74 Å². The maximum absolute atomic E-state index is 11.3. The van der Waals surface area contributed by atoms with Crippen molar-refractivity contribution >= 4 is 17.0 Å². The van der Waals surface area contributed by atoms with Crippen molar-refractivity contribution in [1.29, 1.82) is 0 Å². The van der Waals surface area contributed by atoms with Crippen molar-refractivity contribution in [3.63, 3.8) is 0 Å². The van der Waals surface area contributed by atoms with Crippen LogP contribution in [0, 0.1) is 0 Å². The van der Waals surface area contributed by atoms with E-state index in [0.29, 0.717) is 18.9 Å². The van der Waals surface area contributed by atoms with E-state index in [-0.39, 0.29) is 6.04 Å². The molecule has 2 heterocycles. The fourth-order valence-corrected chi connectivity index (χ4v) is 2.58. The Balaban J connectivity index is 2.19. The van der Waals surface area contributed by atoms with Crippen LogP contribution in [-0.4, -0.2) is 37.8 Å². The summed E-state index contributed by atoms with van der Waals surface area (Å²) in [7, 11) is 1.76. The second-order valence-electron chi connectivity index (χ2n) is 3.76.